The zero-order valence-corrected chi connectivity index (χ0v) is 13.7. The maximum Gasteiger partial charge on any atom is 0.253 e. The Kier molecular flexibility index (Phi) is 3.98. The van der Waals surface area contributed by atoms with E-state index >= 15 is 0 Å². The molecule has 1 aromatic carbocycles. The predicted molar refractivity (Wildman–Crippen MR) is 85.9 cm³/mol. The molecule has 4 heteroatoms. The number of carbonyl (C=O) groups is 1. The maximum atomic E-state index is 12.5. The molecule has 2 fully saturated rings. The molecular formula is C17H23ClN2O. The van der Waals surface area contributed by atoms with E-state index in [-0.39, 0.29) is 5.91 Å². The van der Waals surface area contributed by atoms with Crippen molar-refractivity contribution in [1.82, 2.24) is 10.2 Å². The number of fused-ring (bicyclic) bond motifs is 1. The molecule has 0 aromatic heterocycles. The number of hydrogen-bond donors (Lipinski definition) is 1. The van der Waals surface area contributed by atoms with Crippen LogP contribution in [-0.4, -0.2) is 37.0 Å². The Labute approximate surface area is 131 Å². The number of benzene rings is 1. The Morgan fingerprint density at radius 1 is 1.24 bits per heavy atom. The van der Waals surface area contributed by atoms with E-state index in [1.165, 1.54) is 13.1 Å². The van der Waals surface area contributed by atoms with Crippen molar-refractivity contribution in [3.63, 3.8) is 0 Å². The van der Waals surface area contributed by atoms with Gasteiger partial charge in [-0.2, -0.15) is 0 Å². The van der Waals surface area contributed by atoms with Gasteiger partial charge in [-0.15, -0.1) is 0 Å². The molecule has 0 bridgehead atoms. The molecule has 1 heterocycles. The minimum atomic E-state index is -0.0265. The number of rotatable bonds is 2. The summed E-state index contributed by atoms with van der Waals surface area (Å²) in [6.45, 7) is 6.31. The van der Waals surface area contributed by atoms with Crippen LogP contribution in [0, 0.1) is 25.7 Å². The summed E-state index contributed by atoms with van der Waals surface area (Å²) in [5.41, 5.74) is 2.72. The average Bonchev–Trinajstić information content (AvgIpc) is 2.92. The molecule has 0 spiro atoms. The average molecular weight is 307 g/mol. The highest BCUT2D eigenvalue weighted by Crippen LogP contribution is 2.37. The van der Waals surface area contributed by atoms with E-state index in [4.69, 9.17) is 11.6 Å². The number of aryl methyl sites for hydroxylation is 1. The maximum absolute atomic E-state index is 12.5. The van der Waals surface area contributed by atoms with Crippen molar-refractivity contribution >= 4 is 17.5 Å². The highest BCUT2D eigenvalue weighted by atomic mass is 35.5. The Hall–Kier alpha value is -1.06. The minimum absolute atomic E-state index is 0.0265. The molecule has 21 heavy (non-hydrogen) atoms. The summed E-state index contributed by atoms with van der Waals surface area (Å²) in [4.78, 5) is 14.9. The first-order valence-electron chi connectivity index (χ1n) is 7.70. The second-order valence-corrected chi connectivity index (χ2v) is 7.13. The number of carbonyl (C=O) groups excluding carboxylic acids is 1. The van der Waals surface area contributed by atoms with Crippen molar-refractivity contribution in [2.45, 2.75) is 32.7 Å². The summed E-state index contributed by atoms with van der Waals surface area (Å²) in [6.07, 6.45) is 2.20. The van der Waals surface area contributed by atoms with Gasteiger partial charge in [0.05, 0.1) is 10.6 Å². The summed E-state index contributed by atoms with van der Waals surface area (Å²) < 4.78 is 0. The summed E-state index contributed by atoms with van der Waals surface area (Å²) in [7, 11) is 2.18. The Morgan fingerprint density at radius 3 is 2.48 bits per heavy atom. The van der Waals surface area contributed by atoms with E-state index in [1.807, 2.05) is 26.0 Å². The Morgan fingerprint density at radius 2 is 1.86 bits per heavy atom. The first-order chi connectivity index (χ1) is 9.95. The molecule has 2 aliphatic rings. The van der Waals surface area contributed by atoms with Crippen LogP contribution in [0.4, 0.5) is 0 Å². The number of likely N-dealkylation sites (tertiary alicyclic amines) is 1. The number of halogens is 1. The standard InChI is InChI=1S/C17H23ClN2O/c1-10-4-5-15(16(18)11(10)2)17(21)19-14-6-12-8-20(3)9-13(12)7-14/h4-5,12-14H,6-9H2,1-3H3,(H,19,21)/t12-,13+,14?. The highest BCUT2D eigenvalue weighted by molar-refractivity contribution is 6.34. The number of nitrogens with zero attached hydrogens (tertiary/aromatic N) is 1. The van der Waals surface area contributed by atoms with E-state index in [2.05, 4.69) is 17.3 Å². The molecule has 1 saturated carbocycles. The first-order valence-corrected chi connectivity index (χ1v) is 8.08. The molecule has 1 amide bonds. The van der Waals surface area contributed by atoms with Gasteiger partial charge in [-0.3, -0.25) is 4.79 Å². The minimum Gasteiger partial charge on any atom is -0.349 e. The molecule has 1 N–H and O–H groups in total. The highest BCUT2D eigenvalue weighted by Gasteiger charge is 2.40. The second-order valence-electron chi connectivity index (χ2n) is 6.75. The third-order valence-electron chi connectivity index (χ3n) is 5.17. The Bertz CT molecular complexity index is 558. The summed E-state index contributed by atoms with van der Waals surface area (Å²) >= 11 is 6.33. The van der Waals surface area contributed by atoms with Crippen molar-refractivity contribution in [2.75, 3.05) is 20.1 Å². The van der Waals surface area contributed by atoms with Gasteiger partial charge in [0.1, 0.15) is 0 Å². The van der Waals surface area contributed by atoms with E-state index in [0.29, 0.717) is 16.6 Å². The normalized spacial score (nSPS) is 28.7. The fourth-order valence-electron chi connectivity index (χ4n) is 3.87. The van der Waals surface area contributed by atoms with Crippen LogP contribution in [0.2, 0.25) is 5.02 Å². The third-order valence-corrected chi connectivity index (χ3v) is 5.66. The van der Waals surface area contributed by atoms with Gasteiger partial charge in [0.2, 0.25) is 0 Å². The third kappa shape index (κ3) is 2.82. The topological polar surface area (TPSA) is 32.3 Å². The molecule has 0 radical (unpaired) electrons. The van der Waals surface area contributed by atoms with Crippen LogP contribution in [0.15, 0.2) is 12.1 Å². The molecule has 3 nitrogen and oxygen atoms in total. The fraction of sp³-hybridized carbons (Fsp3) is 0.588. The van der Waals surface area contributed by atoms with Crippen molar-refractivity contribution < 1.29 is 4.79 Å². The molecular weight excluding hydrogens is 284 g/mol. The molecule has 3 atom stereocenters. The summed E-state index contributed by atoms with van der Waals surface area (Å²) in [5, 5.41) is 3.77. The molecule has 1 aromatic rings. The summed E-state index contributed by atoms with van der Waals surface area (Å²) in [5.74, 6) is 1.47. The zero-order valence-electron chi connectivity index (χ0n) is 12.9. The largest absolute Gasteiger partial charge is 0.349 e. The van der Waals surface area contributed by atoms with Gasteiger partial charge in [0.15, 0.2) is 0 Å². The van der Waals surface area contributed by atoms with Gasteiger partial charge in [0.25, 0.3) is 5.91 Å². The van der Waals surface area contributed by atoms with E-state index < -0.39 is 0 Å². The summed E-state index contributed by atoms with van der Waals surface area (Å²) in [6, 6.07) is 4.11. The molecule has 1 aliphatic heterocycles. The number of nitrogens with one attached hydrogen (secondary N) is 1. The van der Waals surface area contributed by atoms with Crippen LogP contribution in [0.5, 0.6) is 0 Å². The second kappa shape index (κ2) is 5.62. The monoisotopic (exact) mass is 306 g/mol. The quantitative estimate of drug-likeness (QED) is 0.911. The van der Waals surface area contributed by atoms with E-state index in [9.17, 15) is 4.79 Å². The predicted octanol–water partition coefficient (Wildman–Crippen LogP) is 3.03. The van der Waals surface area contributed by atoms with Crippen LogP contribution in [0.1, 0.15) is 34.3 Å². The van der Waals surface area contributed by atoms with Crippen LogP contribution in [-0.2, 0) is 0 Å². The first kappa shape index (κ1) is 14.9. The van der Waals surface area contributed by atoms with Crippen LogP contribution in [0.3, 0.4) is 0 Å². The smallest absolute Gasteiger partial charge is 0.253 e. The van der Waals surface area contributed by atoms with Gasteiger partial charge < -0.3 is 10.2 Å². The molecule has 1 aliphatic carbocycles. The van der Waals surface area contributed by atoms with Gasteiger partial charge in [0, 0.05) is 19.1 Å². The van der Waals surface area contributed by atoms with Crippen molar-refractivity contribution in [1.29, 1.82) is 0 Å². The van der Waals surface area contributed by atoms with Crippen LogP contribution in [0.25, 0.3) is 0 Å². The number of hydrogen-bond acceptors (Lipinski definition) is 2. The van der Waals surface area contributed by atoms with Crippen molar-refractivity contribution in [2.24, 2.45) is 11.8 Å². The van der Waals surface area contributed by atoms with E-state index in [0.717, 1.165) is 35.8 Å². The molecule has 1 unspecified atom stereocenters. The SMILES string of the molecule is Cc1ccc(C(=O)NC2C[C@@H]3CN(C)C[C@@H]3C2)c(Cl)c1C. The lowest BCUT2D eigenvalue weighted by molar-refractivity contribution is 0.0935. The fourth-order valence-corrected chi connectivity index (χ4v) is 4.17. The lowest BCUT2D eigenvalue weighted by Crippen LogP contribution is -2.34. The van der Waals surface area contributed by atoms with Crippen LogP contribution >= 0.6 is 11.6 Å². The van der Waals surface area contributed by atoms with Crippen LogP contribution < -0.4 is 5.32 Å². The van der Waals surface area contributed by atoms with E-state index in [1.54, 1.807) is 0 Å². The molecule has 3 rings (SSSR count). The number of amides is 1. The zero-order chi connectivity index (χ0) is 15.1. The van der Waals surface area contributed by atoms with Gasteiger partial charge in [-0.1, -0.05) is 17.7 Å². The van der Waals surface area contributed by atoms with Crippen molar-refractivity contribution in [3.05, 3.63) is 33.8 Å². The van der Waals surface area contributed by atoms with Gasteiger partial charge in [-0.25, -0.2) is 0 Å². The van der Waals surface area contributed by atoms with Crippen molar-refractivity contribution in [3.8, 4) is 0 Å². The molecule has 1 saturated heterocycles. The molecule has 114 valence electrons. The Balaban J connectivity index is 1.67. The van der Waals surface area contributed by atoms with Gasteiger partial charge >= 0.3 is 0 Å². The van der Waals surface area contributed by atoms with Gasteiger partial charge in [-0.05, 0) is 62.8 Å². The lowest BCUT2D eigenvalue weighted by Gasteiger charge is -2.17. The lowest BCUT2D eigenvalue weighted by atomic mass is 10.0.